The minimum absolute atomic E-state index is 0.750. The Hall–Kier alpha value is -5.85. The molecule has 0 aliphatic heterocycles. The molecular weight excluding hydrogens is 977 g/mol. The molecule has 9 aromatic rings. The lowest BCUT2D eigenvalue weighted by molar-refractivity contribution is 0.392. The first kappa shape index (κ1) is 65.2. The van der Waals surface area contributed by atoms with E-state index in [1.54, 1.807) is 34.2 Å². The summed E-state index contributed by atoms with van der Waals surface area (Å²) < 4.78 is 30.8. The van der Waals surface area contributed by atoms with Gasteiger partial charge in [0.15, 0.2) is 11.8 Å². The van der Waals surface area contributed by atoms with Gasteiger partial charge < -0.3 is 22.4 Å². The summed E-state index contributed by atoms with van der Waals surface area (Å²) >= 11 is 5.10. The summed E-state index contributed by atoms with van der Waals surface area (Å²) in [6, 6.07) is 0. The zero-order chi connectivity index (χ0) is 56.2. The molecule has 0 unspecified atom stereocenters. The topological polar surface area (TPSA) is 187 Å². The first-order valence-corrected chi connectivity index (χ1v) is 26.4. The van der Waals surface area contributed by atoms with Crippen LogP contribution in [-0.2, 0) is 7.05 Å². The number of rotatable bonds is 0. The van der Waals surface area contributed by atoms with Gasteiger partial charge in [0.25, 0.3) is 0 Å². The van der Waals surface area contributed by atoms with Crippen LogP contribution in [0.1, 0.15) is 150 Å². The minimum Gasteiger partial charge on any atom is -0.446 e. The molecule has 402 valence electrons. The summed E-state index contributed by atoms with van der Waals surface area (Å²) in [6.45, 7) is 53.7. The number of hydrogen-bond donors (Lipinski definition) is 0. The van der Waals surface area contributed by atoms with E-state index < -0.39 is 0 Å². The van der Waals surface area contributed by atoms with Gasteiger partial charge in [-0.1, -0.05) is 15.5 Å². The highest BCUT2D eigenvalue weighted by atomic mass is 32.1. The maximum absolute atomic E-state index is 5.10. The van der Waals surface area contributed by atoms with E-state index in [-0.39, 0.29) is 0 Å². The number of oxazole rings is 2. The van der Waals surface area contributed by atoms with Gasteiger partial charge in [0.05, 0.1) is 61.3 Å². The van der Waals surface area contributed by atoms with Crippen LogP contribution in [0.25, 0.3) is 0 Å². The molecule has 73 heavy (non-hydrogen) atoms. The van der Waals surface area contributed by atoms with E-state index in [9.17, 15) is 0 Å². The van der Waals surface area contributed by atoms with Gasteiger partial charge in [-0.15, -0.1) is 22.7 Å². The van der Waals surface area contributed by atoms with Gasteiger partial charge in [0, 0.05) is 57.9 Å². The molecule has 0 N–H and O–H groups in total. The Labute approximate surface area is 447 Å². The van der Waals surface area contributed by atoms with Gasteiger partial charge in [-0.3, -0.25) is 4.68 Å². The first-order chi connectivity index (χ1) is 33.8. The molecule has 0 amide bonds. The molecule has 0 bridgehead atoms. The van der Waals surface area contributed by atoms with Crippen molar-refractivity contribution in [1.82, 2.24) is 49.6 Å². The lowest BCUT2D eigenvalue weighted by Gasteiger charge is -1.90. The van der Waals surface area contributed by atoms with Crippen LogP contribution in [0, 0.1) is 187 Å². The normalized spacial score (nSPS) is 9.92. The molecule has 15 nitrogen and oxygen atoms in total. The lowest BCUT2D eigenvalue weighted by Crippen LogP contribution is -1.92. The van der Waals surface area contributed by atoms with Crippen LogP contribution in [0.3, 0.4) is 0 Å². The van der Waals surface area contributed by atoms with Crippen LogP contribution in [-0.4, -0.2) is 49.6 Å². The molecule has 0 aliphatic rings. The number of hydrogen-bond acceptors (Lipinski definition) is 17. The molecule has 0 spiro atoms. The predicted octanol–water partition coefficient (Wildman–Crippen LogP) is 15.5. The lowest BCUT2D eigenvalue weighted by atomic mass is 10.2. The van der Waals surface area contributed by atoms with E-state index >= 15 is 0 Å². The van der Waals surface area contributed by atoms with Crippen molar-refractivity contribution in [2.45, 2.75) is 187 Å². The van der Waals surface area contributed by atoms with E-state index in [1.807, 2.05) is 157 Å². The van der Waals surface area contributed by atoms with Crippen molar-refractivity contribution in [3.05, 3.63) is 150 Å². The molecule has 0 radical (unpaired) electrons. The Balaban J connectivity index is 0.000000411. The summed E-state index contributed by atoms with van der Waals surface area (Å²) in [4.78, 5) is 20.6. The second-order valence-electron chi connectivity index (χ2n) is 17.7. The third-order valence-electron chi connectivity index (χ3n) is 12.0. The van der Waals surface area contributed by atoms with E-state index in [2.05, 4.69) is 86.4 Å². The third kappa shape index (κ3) is 22.4. The second kappa shape index (κ2) is 31.0. The number of thiazole rings is 2. The summed E-state index contributed by atoms with van der Waals surface area (Å²) in [5.41, 5.74) is 17.0. The Kier molecular flexibility index (Phi) is 27.7. The Morgan fingerprint density at radius 1 is 0.329 bits per heavy atom. The largest absolute Gasteiger partial charge is 0.446 e. The summed E-state index contributed by atoms with van der Waals surface area (Å²) in [5, 5.41) is 17.8. The van der Waals surface area contributed by atoms with Gasteiger partial charge in [0.2, 0.25) is 0 Å². The monoisotopic (exact) mass is 1060 g/mol. The van der Waals surface area contributed by atoms with Crippen molar-refractivity contribution in [2.24, 2.45) is 7.05 Å². The van der Waals surface area contributed by atoms with Crippen molar-refractivity contribution < 1.29 is 22.4 Å². The van der Waals surface area contributed by atoms with Crippen LogP contribution in [0.4, 0.5) is 0 Å². The van der Waals surface area contributed by atoms with Crippen LogP contribution >= 0.6 is 34.2 Å². The molecule has 0 aromatic carbocycles. The molecule has 18 heteroatoms. The SMILES string of the molecule is Cc1nc(C)c(C)o1.Cc1nc(C)c(C)o1.Cc1nc(C)c(C)s1.Cc1nc(C)c(C)s1.Cc1nn(C)c(C)c1C.Cc1noc(C)c1C.Cc1noc(C)c1C.Cc1noc(C)c1C.Cc1nsc(C)c1C. The van der Waals surface area contributed by atoms with Gasteiger partial charge in [-0.2, -0.15) is 9.47 Å². The van der Waals surface area contributed by atoms with Gasteiger partial charge >= 0.3 is 0 Å². The van der Waals surface area contributed by atoms with E-state index in [1.165, 1.54) is 58.5 Å². The maximum Gasteiger partial charge on any atom is 0.191 e. The Morgan fingerprint density at radius 2 is 0.671 bits per heavy atom. The van der Waals surface area contributed by atoms with E-state index in [4.69, 9.17) is 22.4 Å². The predicted molar refractivity (Wildman–Crippen MR) is 300 cm³/mol. The molecule has 0 saturated carbocycles. The fourth-order valence-electron chi connectivity index (χ4n) is 5.53. The zero-order valence-electron chi connectivity index (χ0n) is 49.2. The highest BCUT2D eigenvalue weighted by Crippen LogP contribution is 2.17. The molecular formula is C55H84N10O5S3. The van der Waals surface area contributed by atoms with Crippen molar-refractivity contribution in [3.63, 3.8) is 0 Å². The molecule has 0 atom stereocenters. The van der Waals surface area contributed by atoms with Crippen molar-refractivity contribution in [1.29, 1.82) is 0 Å². The molecule has 0 aliphatic carbocycles. The molecule has 0 fully saturated rings. The van der Waals surface area contributed by atoms with E-state index in [0.717, 1.165) is 91.4 Å². The summed E-state index contributed by atoms with van der Waals surface area (Å²) in [6.07, 6.45) is 0. The molecule has 9 aromatic heterocycles. The van der Waals surface area contributed by atoms with Crippen LogP contribution in [0.15, 0.2) is 22.4 Å². The summed E-state index contributed by atoms with van der Waals surface area (Å²) in [5.74, 6) is 6.09. The standard InChI is InChI=1S/C7H12N2.5C6H9NO.3C6H9NS/c1-5-6(2)8-9(4)7(5)3;2*1-4-5(2)8-6(3)7-4;3*1-4-5(2)7-8-6(4)3;2*1-4-5(2)8-6(3)7-4;1-4-5(2)7-8-6(4)3/h1-4H3;8*1-3H3. The number of aromatic nitrogens is 10. The quantitative estimate of drug-likeness (QED) is 0.140. The van der Waals surface area contributed by atoms with Gasteiger partial charge in [-0.05, 0) is 196 Å². The third-order valence-corrected chi connectivity index (χ3v) is 14.9. The number of aryl methyl sites for hydroxylation is 22. The molecule has 0 saturated heterocycles. The average Bonchev–Trinajstić information content (AvgIpc) is 4.23. The van der Waals surface area contributed by atoms with Crippen molar-refractivity contribution in [3.8, 4) is 0 Å². The average molecular weight is 1060 g/mol. The minimum atomic E-state index is 0.750. The van der Waals surface area contributed by atoms with Crippen molar-refractivity contribution in [2.75, 3.05) is 0 Å². The first-order valence-electron chi connectivity index (χ1n) is 24.0. The highest BCUT2D eigenvalue weighted by Gasteiger charge is 2.04. The van der Waals surface area contributed by atoms with Crippen LogP contribution in [0.5, 0.6) is 0 Å². The molecule has 9 heterocycles. The zero-order valence-corrected chi connectivity index (χ0v) is 51.7. The smallest absolute Gasteiger partial charge is 0.191 e. The maximum atomic E-state index is 5.10. The van der Waals surface area contributed by atoms with Crippen molar-refractivity contribution >= 4 is 34.2 Å². The van der Waals surface area contributed by atoms with Gasteiger partial charge in [-0.25, -0.2) is 19.9 Å². The summed E-state index contributed by atoms with van der Waals surface area (Å²) in [7, 11) is 1.97. The van der Waals surface area contributed by atoms with Gasteiger partial charge in [0.1, 0.15) is 28.8 Å². The van der Waals surface area contributed by atoms with Crippen LogP contribution < -0.4 is 0 Å². The number of nitrogens with zero attached hydrogens (tertiary/aromatic N) is 10. The Morgan fingerprint density at radius 3 is 0.740 bits per heavy atom. The highest BCUT2D eigenvalue weighted by molar-refractivity contribution is 7.11. The Bertz CT molecular complexity index is 2500. The second-order valence-corrected chi connectivity index (χ2v) is 21.5. The van der Waals surface area contributed by atoms with E-state index in [0.29, 0.717) is 0 Å². The fourth-order valence-corrected chi connectivity index (χ4v) is 7.86. The van der Waals surface area contributed by atoms with Crippen LogP contribution in [0.2, 0.25) is 0 Å². The fraction of sp³-hybridized carbons (Fsp3) is 0.509. The molecule has 9 rings (SSSR count).